The zero-order valence-electron chi connectivity index (χ0n) is 5.63. The van der Waals surface area contributed by atoms with Crippen molar-refractivity contribution in [2.45, 2.75) is 25.7 Å². The van der Waals surface area contributed by atoms with E-state index < -0.39 is 0 Å². The number of hydrogen-bond donors (Lipinski definition) is 2. The van der Waals surface area contributed by atoms with Crippen LogP contribution in [0.1, 0.15) is 25.7 Å². The maximum Gasteiger partial charge on any atom is 0.251 e. The Bertz CT molecular complexity index is 149. The molecular formula is C6H10N2O2. The molecule has 0 bridgehead atoms. The van der Waals surface area contributed by atoms with Crippen molar-refractivity contribution < 1.29 is 10.0 Å². The van der Waals surface area contributed by atoms with Gasteiger partial charge in [-0.25, -0.2) is 0 Å². The number of hydrogen-bond acceptors (Lipinski definition) is 3. The Hall–Kier alpha value is -0.900. The molecule has 1 amide bonds. The van der Waals surface area contributed by atoms with Crippen LogP contribution in [0.2, 0.25) is 0 Å². The van der Waals surface area contributed by atoms with Gasteiger partial charge in [0.1, 0.15) is 5.84 Å². The van der Waals surface area contributed by atoms with E-state index in [9.17, 15) is 4.79 Å². The van der Waals surface area contributed by atoms with Crippen molar-refractivity contribution in [1.29, 1.82) is 5.41 Å². The number of amidine groups is 1. The first-order valence-electron chi connectivity index (χ1n) is 3.31. The lowest BCUT2D eigenvalue weighted by atomic mass is 10.2. The molecule has 0 radical (unpaired) electrons. The largest absolute Gasteiger partial charge is 0.286 e. The summed E-state index contributed by atoms with van der Waals surface area (Å²) >= 11 is 0. The summed E-state index contributed by atoms with van der Waals surface area (Å²) in [6.07, 6.45) is 2.46. The number of amides is 1. The molecule has 1 saturated heterocycles. The van der Waals surface area contributed by atoms with Gasteiger partial charge in [-0.05, 0) is 12.8 Å². The van der Waals surface area contributed by atoms with Crippen LogP contribution in [0, 0.1) is 5.41 Å². The monoisotopic (exact) mass is 142 g/mol. The molecule has 56 valence electrons. The molecule has 10 heavy (non-hydrogen) atoms. The lowest BCUT2D eigenvalue weighted by molar-refractivity contribution is -0.149. The van der Waals surface area contributed by atoms with Crippen molar-refractivity contribution in [2.75, 3.05) is 0 Å². The summed E-state index contributed by atoms with van der Waals surface area (Å²) in [5.74, 6) is -0.343. The molecule has 1 aliphatic rings. The van der Waals surface area contributed by atoms with Gasteiger partial charge < -0.3 is 0 Å². The Morgan fingerprint density at radius 3 is 2.70 bits per heavy atom. The van der Waals surface area contributed by atoms with Gasteiger partial charge in [0, 0.05) is 12.8 Å². The Morgan fingerprint density at radius 2 is 2.00 bits per heavy atom. The smallest absolute Gasteiger partial charge is 0.251 e. The van der Waals surface area contributed by atoms with Gasteiger partial charge in [-0.2, -0.15) is 5.06 Å². The van der Waals surface area contributed by atoms with E-state index in [4.69, 9.17) is 10.6 Å². The topological polar surface area (TPSA) is 64.4 Å². The van der Waals surface area contributed by atoms with Gasteiger partial charge in [0.25, 0.3) is 5.91 Å². The summed E-state index contributed by atoms with van der Waals surface area (Å²) in [6.45, 7) is 0. The molecule has 4 nitrogen and oxygen atoms in total. The molecule has 4 heteroatoms. The van der Waals surface area contributed by atoms with Gasteiger partial charge in [-0.1, -0.05) is 0 Å². The van der Waals surface area contributed by atoms with Crippen molar-refractivity contribution in [3.63, 3.8) is 0 Å². The Morgan fingerprint density at radius 1 is 1.40 bits per heavy atom. The fraction of sp³-hybridized carbons (Fsp3) is 0.667. The summed E-state index contributed by atoms with van der Waals surface area (Å²) in [6, 6.07) is 0. The molecule has 0 saturated carbocycles. The summed E-state index contributed by atoms with van der Waals surface area (Å²) in [5, 5.41) is 16.5. The van der Waals surface area contributed by atoms with Gasteiger partial charge in [0.05, 0.1) is 0 Å². The molecular weight excluding hydrogens is 132 g/mol. The first-order valence-corrected chi connectivity index (χ1v) is 3.31. The van der Waals surface area contributed by atoms with E-state index in [1.165, 1.54) is 0 Å². The lowest BCUT2D eigenvalue weighted by Gasteiger charge is -2.10. The molecule has 0 aromatic carbocycles. The molecule has 0 spiro atoms. The van der Waals surface area contributed by atoms with Crippen LogP contribution in [-0.4, -0.2) is 22.0 Å². The molecule has 0 aliphatic carbocycles. The number of nitrogens with zero attached hydrogens (tertiary/aromatic N) is 1. The fourth-order valence-corrected chi connectivity index (χ4v) is 0.931. The van der Waals surface area contributed by atoms with E-state index in [1.807, 2.05) is 0 Å². The average Bonchev–Trinajstić information content (AvgIpc) is 2.04. The van der Waals surface area contributed by atoms with Gasteiger partial charge in [-0.3, -0.25) is 15.4 Å². The average molecular weight is 142 g/mol. The van der Waals surface area contributed by atoms with E-state index in [1.54, 1.807) is 0 Å². The highest BCUT2D eigenvalue weighted by Crippen LogP contribution is 2.10. The summed E-state index contributed by atoms with van der Waals surface area (Å²) in [5.41, 5.74) is 0. The maximum atomic E-state index is 10.8. The van der Waals surface area contributed by atoms with Gasteiger partial charge >= 0.3 is 0 Å². The van der Waals surface area contributed by atoms with Gasteiger partial charge in [-0.15, -0.1) is 0 Å². The normalized spacial score (nSPS) is 21.1. The molecule has 0 aromatic heterocycles. The number of carbonyl (C=O) groups excluding carboxylic acids is 1. The molecule has 1 fully saturated rings. The standard InChI is InChI=1S/C6H10N2O2/c7-5-3-1-2-4-6(9)8(5)10/h7,10H,1-4H2. The van der Waals surface area contributed by atoms with E-state index in [0.29, 0.717) is 17.9 Å². The Balaban J connectivity index is 2.64. The zero-order valence-corrected chi connectivity index (χ0v) is 5.63. The number of nitrogens with one attached hydrogen (secondary N) is 1. The minimum Gasteiger partial charge on any atom is -0.286 e. The zero-order chi connectivity index (χ0) is 7.56. The SMILES string of the molecule is N=C1CCCCC(=O)N1O. The van der Waals surface area contributed by atoms with Crippen LogP contribution in [0.4, 0.5) is 0 Å². The number of carbonyl (C=O) groups is 1. The third-order valence-electron chi connectivity index (χ3n) is 1.55. The second-order valence-electron chi connectivity index (χ2n) is 2.36. The molecule has 0 atom stereocenters. The summed E-state index contributed by atoms with van der Waals surface area (Å²) < 4.78 is 0. The minimum atomic E-state index is -0.359. The Labute approximate surface area is 58.9 Å². The molecule has 1 heterocycles. The van der Waals surface area contributed by atoms with E-state index in [2.05, 4.69) is 0 Å². The molecule has 1 aliphatic heterocycles. The van der Waals surface area contributed by atoms with Crippen LogP contribution in [0.3, 0.4) is 0 Å². The van der Waals surface area contributed by atoms with Crippen molar-refractivity contribution in [3.05, 3.63) is 0 Å². The molecule has 2 N–H and O–H groups in total. The van der Waals surface area contributed by atoms with Crippen molar-refractivity contribution in [1.82, 2.24) is 5.06 Å². The predicted molar refractivity (Wildman–Crippen MR) is 34.8 cm³/mol. The molecule has 0 unspecified atom stereocenters. The highest BCUT2D eigenvalue weighted by atomic mass is 16.5. The van der Waals surface area contributed by atoms with Crippen molar-refractivity contribution in [2.24, 2.45) is 0 Å². The lowest BCUT2D eigenvalue weighted by Crippen LogP contribution is -2.30. The third-order valence-corrected chi connectivity index (χ3v) is 1.55. The van der Waals surface area contributed by atoms with Crippen LogP contribution >= 0.6 is 0 Å². The van der Waals surface area contributed by atoms with Crippen molar-refractivity contribution >= 4 is 11.7 Å². The van der Waals surface area contributed by atoms with E-state index in [-0.39, 0.29) is 11.7 Å². The first kappa shape index (κ1) is 7.21. The van der Waals surface area contributed by atoms with Gasteiger partial charge in [0.15, 0.2) is 0 Å². The number of hydroxylamine groups is 2. The highest BCUT2D eigenvalue weighted by molar-refractivity contribution is 5.95. The second kappa shape index (κ2) is 2.79. The first-order chi connectivity index (χ1) is 4.72. The molecule has 0 aromatic rings. The third kappa shape index (κ3) is 1.33. The van der Waals surface area contributed by atoms with Crippen molar-refractivity contribution in [3.8, 4) is 0 Å². The minimum absolute atomic E-state index is 0.0162. The number of rotatable bonds is 0. The quantitative estimate of drug-likeness (QED) is 0.490. The highest BCUT2D eigenvalue weighted by Gasteiger charge is 2.18. The fourth-order valence-electron chi connectivity index (χ4n) is 0.931. The second-order valence-corrected chi connectivity index (χ2v) is 2.36. The van der Waals surface area contributed by atoms with Crippen LogP contribution in [-0.2, 0) is 4.79 Å². The summed E-state index contributed by atoms with van der Waals surface area (Å²) in [7, 11) is 0. The maximum absolute atomic E-state index is 10.8. The summed E-state index contributed by atoms with van der Waals surface area (Å²) in [4.78, 5) is 10.8. The molecule has 1 rings (SSSR count). The van der Waals surface area contributed by atoms with Crippen LogP contribution < -0.4 is 0 Å². The Kier molecular flexibility index (Phi) is 2.01. The van der Waals surface area contributed by atoms with Crippen LogP contribution in [0.5, 0.6) is 0 Å². The van der Waals surface area contributed by atoms with Crippen LogP contribution in [0.25, 0.3) is 0 Å². The predicted octanol–water partition coefficient (Wildman–Crippen LogP) is 0.755. The van der Waals surface area contributed by atoms with E-state index >= 15 is 0 Å². The van der Waals surface area contributed by atoms with Gasteiger partial charge in [0.2, 0.25) is 0 Å². The van der Waals surface area contributed by atoms with E-state index in [0.717, 1.165) is 12.8 Å². The van der Waals surface area contributed by atoms with Crippen LogP contribution in [0.15, 0.2) is 0 Å².